The lowest BCUT2D eigenvalue weighted by Gasteiger charge is -2.03. The van der Waals surface area contributed by atoms with Crippen LogP contribution in [0.25, 0.3) is 0 Å². The lowest BCUT2D eigenvalue weighted by atomic mass is 10.2. The van der Waals surface area contributed by atoms with E-state index in [9.17, 15) is 10.1 Å². The highest BCUT2D eigenvalue weighted by molar-refractivity contribution is 7.10. The molecule has 0 radical (unpaired) electrons. The van der Waals surface area contributed by atoms with Gasteiger partial charge in [0.25, 0.3) is 5.69 Å². The molecule has 0 amide bonds. The number of anilines is 2. The minimum absolute atomic E-state index is 0.00995. The van der Waals surface area contributed by atoms with Gasteiger partial charge in [-0.05, 0) is 31.4 Å². The van der Waals surface area contributed by atoms with E-state index < -0.39 is 4.92 Å². The van der Waals surface area contributed by atoms with Crippen molar-refractivity contribution in [2.75, 3.05) is 11.2 Å². The topological polar surface area (TPSA) is 106 Å². The molecule has 0 saturated heterocycles. The van der Waals surface area contributed by atoms with Crippen LogP contribution >= 0.6 is 11.5 Å². The van der Waals surface area contributed by atoms with Gasteiger partial charge in [-0.2, -0.15) is 9.47 Å². The summed E-state index contributed by atoms with van der Waals surface area (Å²) in [6.45, 7) is 3.66. The Bertz CT molecular complexity index is 661. The molecule has 0 bridgehead atoms. The third-order valence-corrected chi connectivity index (χ3v) is 3.43. The van der Waals surface area contributed by atoms with Crippen molar-refractivity contribution < 1.29 is 4.92 Å². The number of hydrogen-bond donors (Lipinski definition) is 2. The third-order valence-electron chi connectivity index (χ3n) is 2.66. The monoisotopic (exact) mass is 291 g/mol. The average Bonchev–Trinajstić information content (AvgIpc) is 2.76. The number of nitrogens with zero attached hydrogens (tertiary/aromatic N) is 3. The summed E-state index contributed by atoms with van der Waals surface area (Å²) in [6, 6.07) is 6.13. The Kier molecular flexibility index (Phi) is 3.94. The molecule has 20 heavy (non-hydrogen) atoms. The van der Waals surface area contributed by atoms with E-state index in [1.165, 1.54) is 23.7 Å². The molecule has 104 valence electrons. The van der Waals surface area contributed by atoms with Crippen LogP contribution in [0.1, 0.15) is 18.2 Å². The molecule has 0 aliphatic rings. The second kappa shape index (κ2) is 5.66. The van der Waals surface area contributed by atoms with Crippen LogP contribution < -0.4 is 11.2 Å². The number of aromatic nitrogens is 1. The van der Waals surface area contributed by atoms with Gasteiger partial charge in [-0.15, -0.1) is 0 Å². The fraction of sp³-hybridized carbons (Fsp3) is 0.167. The van der Waals surface area contributed by atoms with Crippen LogP contribution in [-0.4, -0.2) is 15.0 Å². The molecule has 1 aromatic heterocycles. The molecular weight excluding hydrogens is 278 g/mol. The molecule has 7 nitrogen and oxygen atoms in total. The fourth-order valence-corrected chi connectivity index (χ4v) is 2.43. The Labute approximate surface area is 119 Å². The molecule has 1 heterocycles. The second-order valence-electron chi connectivity index (χ2n) is 4.12. The highest BCUT2D eigenvalue weighted by Crippen LogP contribution is 2.22. The van der Waals surface area contributed by atoms with Gasteiger partial charge in [-0.3, -0.25) is 15.5 Å². The molecule has 0 atom stereocenters. The van der Waals surface area contributed by atoms with Gasteiger partial charge >= 0.3 is 0 Å². The number of non-ortho nitro benzene ring substituents is 1. The number of nitro groups is 1. The summed E-state index contributed by atoms with van der Waals surface area (Å²) >= 11 is 1.22. The van der Waals surface area contributed by atoms with Gasteiger partial charge in [0, 0.05) is 12.1 Å². The average molecular weight is 291 g/mol. The number of nitro benzene ring substituents is 1. The number of hydrazone groups is 1. The van der Waals surface area contributed by atoms with E-state index in [1.54, 1.807) is 19.1 Å². The van der Waals surface area contributed by atoms with Crippen molar-refractivity contribution in [2.24, 2.45) is 5.10 Å². The number of aryl methyl sites for hydroxylation is 1. The van der Waals surface area contributed by atoms with Gasteiger partial charge in [-0.1, -0.05) is 6.07 Å². The van der Waals surface area contributed by atoms with Crippen molar-refractivity contribution >= 4 is 33.6 Å². The van der Waals surface area contributed by atoms with Crippen LogP contribution in [0.4, 0.5) is 16.4 Å². The molecule has 0 aliphatic heterocycles. The maximum Gasteiger partial charge on any atom is 0.271 e. The van der Waals surface area contributed by atoms with Crippen LogP contribution in [0.15, 0.2) is 29.4 Å². The molecule has 1 aromatic carbocycles. The smallest absolute Gasteiger partial charge is 0.271 e. The van der Waals surface area contributed by atoms with Crippen molar-refractivity contribution in [3.8, 4) is 0 Å². The van der Waals surface area contributed by atoms with Crippen molar-refractivity contribution in [3.63, 3.8) is 0 Å². The number of benzene rings is 1. The summed E-state index contributed by atoms with van der Waals surface area (Å²) in [4.78, 5) is 10.2. The van der Waals surface area contributed by atoms with Gasteiger partial charge in [0.05, 0.1) is 27.6 Å². The molecule has 2 aromatic rings. The van der Waals surface area contributed by atoms with E-state index in [2.05, 4.69) is 14.9 Å². The van der Waals surface area contributed by atoms with Gasteiger partial charge < -0.3 is 5.73 Å². The third kappa shape index (κ3) is 2.91. The van der Waals surface area contributed by atoms with Crippen LogP contribution in [0.2, 0.25) is 0 Å². The largest absolute Gasteiger partial charge is 0.389 e. The minimum atomic E-state index is -0.452. The van der Waals surface area contributed by atoms with Crippen molar-refractivity contribution in [3.05, 3.63) is 45.6 Å². The summed E-state index contributed by atoms with van der Waals surface area (Å²) in [7, 11) is 0. The maximum atomic E-state index is 10.7. The van der Waals surface area contributed by atoms with Crippen molar-refractivity contribution in [1.82, 2.24) is 4.37 Å². The SMILES string of the molecule is C/C(=N/Nc1cccc([N+](=O)[O-])c1)c1c(C)nsc1N. The zero-order valence-electron chi connectivity index (χ0n) is 11.0. The molecule has 0 fully saturated rings. The first kappa shape index (κ1) is 13.9. The molecule has 0 saturated carbocycles. The first-order valence-corrected chi connectivity index (χ1v) is 6.53. The second-order valence-corrected chi connectivity index (χ2v) is 4.93. The summed E-state index contributed by atoms with van der Waals surface area (Å²) in [5.74, 6) is 0. The van der Waals surface area contributed by atoms with Crippen molar-refractivity contribution in [1.29, 1.82) is 0 Å². The van der Waals surface area contributed by atoms with E-state index >= 15 is 0 Å². The molecule has 0 spiro atoms. The number of rotatable bonds is 4. The molecule has 2 rings (SSSR count). The van der Waals surface area contributed by atoms with E-state index in [-0.39, 0.29) is 5.69 Å². The van der Waals surface area contributed by atoms with Crippen LogP contribution in [0.5, 0.6) is 0 Å². The standard InChI is InChI=1S/C12H13N5O2S/c1-7(11-8(2)16-20-12(11)13)14-15-9-4-3-5-10(6-9)17(18)19/h3-6,15H,13H2,1-2H3/b14-7-. The lowest BCUT2D eigenvalue weighted by molar-refractivity contribution is -0.384. The number of hydrogen-bond acceptors (Lipinski definition) is 7. The summed E-state index contributed by atoms with van der Waals surface area (Å²) in [6.07, 6.45) is 0. The van der Waals surface area contributed by atoms with E-state index in [1.807, 2.05) is 6.92 Å². The number of nitrogens with one attached hydrogen (secondary N) is 1. The maximum absolute atomic E-state index is 10.7. The van der Waals surface area contributed by atoms with Crippen LogP contribution in [-0.2, 0) is 0 Å². The van der Waals surface area contributed by atoms with Gasteiger partial charge in [0.15, 0.2) is 0 Å². The molecular formula is C12H13N5O2S. The van der Waals surface area contributed by atoms with E-state index in [0.29, 0.717) is 16.4 Å². The number of nitrogen functional groups attached to an aromatic ring is 1. The summed E-state index contributed by atoms with van der Waals surface area (Å²) in [5.41, 5.74) is 11.5. The zero-order valence-corrected chi connectivity index (χ0v) is 11.8. The first-order chi connectivity index (χ1) is 9.49. The summed E-state index contributed by atoms with van der Waals surface area (Å²) in [5, 5.41) is 15.5. The Morgan fingerprint density at radius 2 is 2.30 bits per heavy atom. The summed E-state index contributed by atoms with van der Waals surface area (Å²) < 4.78 is 4.15. The van der Waals surface area contributed by atoms with Gasteiger partial charge in [-0.25, -0.2) is 0 Å². The van der Waals surface area contributed by atoms with Gasteiger partial charge in [0.2, 0.25) is 0 Å². The minimum Gasteiger partial charge on any atom is -0.389 e. The lowest BCUT2D eigenvalue weighted by Crippen LogP contribution is -2.03. The van der Waals surface area contributed by atoms with Crippen LogP contribution in [0, 0.1) is 17.0 Å². The Morgan fingerprint density at radius 1 is 1.55 bits per heavy atom. The Morgan fingerprint density at radius 3 is 2.90 bits per heavy atom. The first-order valence-electron chi connectivity index (χ1n) is 5.76. The highest BCUT2D eigenvalue weighted by atomic mass is 32.1. The normalized spacial score (nSPS) is 11.4. The molecule has 0 aliphatic carbocycles. The van der Waals surface area contributed by atoms with E-state index in [4.69, 9.17) is 5.73 Å². The van der Waals surface area contributed by atoms with E-state index in [0.717, 1.165) is 11.3 Å². The predicted molar refractivity (Wildman–Crippen MR) is 80.2 cm³/mol. The molecule has 3 N–H and O–H groups in total. The Balaban J connectivity index is 2.21. The van der Waals surface area contributed by atoms with Crippen molar-refractivity contribution in [2.45, 2.75) is 13.8 Å². The fourth-order valence-electron chi connectivity index (χ4n) is 1.72. The molecule has 8 heteroatoms. The highest BCUT2D eigenvalue weighted by Gasteiger charge is 2.11. The Hall–Kier alpha value is -2.48. The zero-order chi connectivity index (χ0) is 14.7. The quantitative estimate of drug-likeness (QED) is 0.511. The number of nitrogens with two attached hydrogens (primary N) is 1. The van der Waals surface area contributed by atoms with Gasteiger partial charge in [0.1, 0.15) is 5.00 Å². The molecule has 0 unspecified atom stereocenters. The predicted octanol–water partition coefficient (Wildman–Crippen LogP) is 2.78. The van der Waals surface area contributed by atoms with Crippen LogP contribution in [0.3, 0.4) is 0 Å².